The van der Waals surface area contributed by atoms with Crippen molar-refractivity contribution in [3.63, 3.8) is 0 Å². The Morgan fingerprint density at radius 1 is 1.29 bits per heavy atom. The van der Waals surface area contributed by atoms with Crippen LogP contribution >= 0.6 is 22.6 Å². The molecule has 0 saturated carbocycles. The van der Waals surface area contributed by atoms with Crippen LogP contribution in [-0.4, -0.2) is 25.7 Å². The minimum absolute atomic E-state index is 0.180. The molecule has 0 saturated heterocycles. The minimum Gasteiger partial charge on any atom is -0.497 e. The average Bonchev–Trinajstić information content (AvgIpc) is 2.18. The van der Waals surface area contributed by atoms with Gasteiger partial charge in [0.1, 0.15) is 5.75 Å². The molecule has 14 heavy (non-hydrogen) atoms. The van der Waals surface area contributed by atoms with Crippen molar-refractivity contribution in [2.24, 2.45) is 0 Å². The monoisotopic (exact) mass is 326 g/mol. The van der Waals surface area contributed by atoms with Crippen LogP contribution in [0.25, 0.3) is 0 Å². The smallest absolute Gasteiger partial charge is 0.179 e. The van der Waals surface area contributed by atoms with Gasteiger partial charge in [-0.15, -0.1) is 0 Å². The maximum atomic E-state index is 11.6. The molecule has 0 radical (unpaired) electrons. The summed E-state index contributed by atoms with van der Waals surface area (Å²) in [5.74, 6) is 0.846. The highest BCUT2D eigenvalue weighted by Crippen LogP contribution is 2.16. The molecule has 0 spiro atoms. The zero-order valence-electron chi connectivity index (χ0n) is 7.73. The molecule has 5 heteroatoms. The van der Waals surface area contributed by atoms with Crippen molar-refractivity contribution in [3.05, 3.63) is 24.3 Å². The first-order valence-corrected chi connectivity index (χ1v) is 7.20. The second-order valence-electron chi connectivity index (χ2n) is 2.68. The molecule has 0 aromatic heterocycles. The number of halogens is 1. The van der Waals surface area contributed by atoms with E-state index in [2.05, 4.69) is 0 Å². The van der Waals surface area contributed by atoms with E-state index in [1.54, 1.807) is 31.4 Å². The molecule has 0 fully saturated rings. The van der Waals surface area contributed by atoms with Crippen molar-refractivity contribution in [2.75, 3.05) is 17.3 Å². The number of methoxy groups -OCH3 is 1. The molecule has 0 unspecified atom stereocenters. The van der Waals surface area contributed by atoms with Gasteiger partial charge in [-0.25, -0.2) is 8.42 Å². The molecule has 1 aromatic carbocycles. The molecular weight excluding hydrogens is 315 g/mol. The third-order valence-corrected chi connectivity index (χ3v) is 4.77. The Balaban J connectivity index is 2.97. The van der Waals surface area contributed by atoms with E-state index < -0.39 is 9.84 Å². The van der Waals surface area contributed by atoms with Crippen LogP contribution in [0.4, 0.5) is 0 Å². The fraction of sp³-hybridized carbons (Fsp3) is 0.333. The van der Waals surface area contributed by atoms with Gasteiger partial charge in [-0.3, -0.25) is 0 Å². The van der Waals surface area contributed by atoms with E-state index in [1.807, 2.05) is 22.6 Å². The maximum Gasteiger partial charge on any atom is 0.179 e. The molecule has 78 valence electrons. The highest BCUT2D eigenvalue weighted by molar-refractivity contribution is 14.1. The van der Waals surface area contributed by atoms with Crippen molar-refractivity contribution in [3.8, 4) is 5.75 Å². The molecule has 0 N–H and O–H groups in total. The van der Waals surface area contributed by atoms with Crippen LogP contribution in [0.1, 0.15) is 0 Å². The number of hydrogen-bond acceptors (Lipinski definition) is 3. The summed E-state index contributed by atoms with van der Waals surface area (Å²) in [5, 5.41) is 0. The predicted octanol–water partition coefficient (Wildman–Crippen LogP) is 1.90. The largest absolute Gasteiger partial charge is 0.497 e. The van der Waals surface area contributed by atoms with Crippen LogP contribution < -0.4 is 4.74 Å². The number of ether oxygens (including phenoxy) is 1. The lowest BCUT2D eigenvalue weighted by Gasteiger charge is -2.03. The maximum absolute atomic E-state index is 11.6. The van der Waals surface area contributed by atoms with E-state index in [4.69, 9.17) is 4.74 Å². The number of sulfone groups is 1. The van der Waals surface area contributed by atoms with Crippen LogP contribution in [0.15, 0.2) is 29.2 Å². The summed E-state index contributed by atoms with van der Waals surface area (Å²) in [7, 11) is -1.55. The third kappa shape index (κ3) is 2.84. The second-order valence-corrected chi connectivity index (χ2v) is 5.87. The Morgan fingerprint density at radius 3 is 2.29 bits per heavy atom. The van der Waals surface area contributed by atoms with Crippen molar-refractivity contribution >= 4 is 32.4 Å². The molecule has 0 aliphatic carbocycles. The predicted molar refractivity (Wildman–Crippen MR) is 63.9 cm³/mol. The summed E-state index contributed by atoms with van der Waals surface area (Å²) in [6.45, 7) is 0. The van der Waals surface area contributed by atoms with E-state index in [0.717, 1.165) is 0 Å². The number of rotatable bonds is 4. The molecule has 0 atom stereocenters. The van der Waals surface area contributed by atoms with Gasteiger partial charge in [-0.1, -0.05) is 22.6 Å². The standard InChI is InChI=1S/C9H11IO3S/c1-13-8-2-4-9(5-3-8)14(11,12)7-6-10/h2-5H,6-7H2,1H3. The summed E-state index contributed by atoms with van der Waals surface area (Å²) in [6, 6.07) is 6.45. The molecule has 0 aliphatic rings. The normalized spacial score (nSPS) is 11.3. The summed E-state index contributed by atoms with van der Waals surface area (Å²) < 4.78 is 28.7. The fourth-order valence-electron chi connectivity index (χ4n) is 1.00. The molecule has 0 bridgehead atoms. The first-order valence-electron chi connectivity index (χ1n) is 4.03. The molecule has 1 rings (SSSR count). The van der Waals surface area contributed by atoms with Gasteiger partial charge >= 0.3 is 0 Å². The van der Waals surface area contributed by atoms with E-state index >= 15 is 0 Å². The topological polar surface area (TPSA) is 43.4 Å². The highest BCUT2D eigenvalue weighted by Gasteiger charge is 2.12. The van der Waals surface area contributed by atoms with Crippen LogP contribution in [0.3, 0.4) is 0 Å². The molecule has 1 aromatic rings. The van der Waals surface area contributed by atoms with Gasteiger partial charge in [0.05, 0.1) is 17.8 Å². The van der Waals surface area contributed by atoms with Gasteiger partial charge in [-0.2, -0.15) is 0 Å². The molecular formula is C9H11IO3S. The minimum atomic E-state index is -3.10. The third-order valence-electron chi connectivity index (χ3n) is 1.76. The Bertz CT molecular complexity index is 383. The summed E-state index contributed by atoms with van der Waals surface area (Å²) in [5.41, 5.74) is 0. The zero-order valence-corrected chi connectivity index (χ0v) is 10.7. The second kappa shape index (κ2) is 4.97. The first-order chi connectivity index (χ1) is 6.60. The van der Waals surface area contributed by atoms with Crippen LogP contribution in [0, 0.1) is 0 Å². The van der Waals surface area contributed by atoms with Gasteiger partial charge in [0.25, 0.3) is 0 Å². The quantitative estimate of drug-likeness (QED) is 0.627. The zero-order chi connectivity index (χ0) is 10.6. The van der Waals surface area contributed by atoms with Gasteiger partial charge in [0.2, 0.25) is 0 Å². The van der Waals surface area contributed by atoms with E-state index in [9.17, 15) is 8.42 Å². The van der Waals surface area contributed by atoms with E-state index in [0.29, 0.717) is 15.1 Å². The van der Waals surface area contributed by atoms with Gasteiger partial charge < -0.3 is 4.74 Å². The highest BCUT2D eigenvalue weighted by atomic mass is 127. The van der Waals surface area contributed by atoms with Crippen molar-refractivity contribution in [2.45, 2.75) is 4.90 Å². The molecule has 3 nitrogen and oxygen atoms in total. The lowest BCUT2D eigenvalue weighted by molar-refractivity contribution is 0.414. The van der Waals surface area contributed by atoms with Gasteiger partial charge in [0, 0.05) is 4.43 Å². The average molecular weight is 326 g/mol. The lowest BCUT2D eigenvalue weighted by atomic mass is 10.3. The van der Waals surface area contributed by atoms with Crippen molar-refractivity contribution in [1.29, 1.82) is 0 Å². The fourth-order valence-corrected chi connectivity index (χ4v) is 3.73. The first kappa shape index (κ1) is 11.8. The number of alkyl halides is 1. The van der Waals surface area contributed by atoms with E-state index in [-0.39, 0.29) is 5.75 Å². The number of benzene rings is 1. The summed E-state index contributed by atoms with van der Waals surface area (Å²) >= 11 is 2.05. The molecule has 0 heterocycles. The van der Waals surface area contributed by atoms with Crippen molar-refractivity contribution in [1.82, 2.24) is 0 Å². The number of hydrogen-bond donors (Lipinski definition) is 0. The summed E-state index contributed by atoms with van der Waals surface area (Å²) in [6.07, 6.45) is 0. The molecule has 0 aliphatic heterocycles. The van der Waals surface area contributed by atoms with Crippen LogP contribution in [0.2, 0.25) is 0 Å². The van der Waals surface area contributed by atoms with Crippen LogP contribution in [-0.2, 0) is 9.84 Å². The Labute approximate surface area is 97.5 Å². The SMILES string of the molecule is COc1ccc(S(=O)(=O)CCI)cc1. The molecule has 0 amide bonds. The Kier molecular flexibility index (Phi) is 4.18. The van der Waals surface area contributed by atoms with Gasteiger partial charge in [-0.05, 0) is 24.3 Å². The Hall–Kier alpha value is -0.300. The van der Waals surface area contributed by atoms with Crippen molar-refractivity contribution < 1.29 is 13.2 Å². The lowest BCUT2D eigenvalue weighted by Crippen LogP contribution is -2.07. The van der Waals surface area contributed by atoms with E-state index in [1.165, 1.54) is 0 Å². The summed E-state index contributed by atoms with van der Waals surface area (Å²) in [4.78, 5) is 0.356. The van der Waals surface area contributed by atoms with Gasteiger partial charge in [0.15, 0.2) is 9.84 Å². The van der Waals surface area contributed by atoms with Crippen LogP contribution in [0.5, 0.6) is 5.75 Å². The Morgan fingerprint density at radius 2 is 1.86 bits per heavy atom.